The summed E-state index contributed by atoms with van der Waals surface area (Å²) in [7, 11) is 0. The average molecular weight is 242 g/mol. The molecule has 0 bridgehead atoms. The molecule has 0 amide bonds. The smallest absolute Gasteiger partial charge is 0.0474 e. The van der Waals surface area contributed by atoms with Crippen LogP contribution < -0.4 is 4.90 Å². The van der Waals surface area contributed by atoms with E-state index in [-0.39, 0.29) is 0 Å². The van der Waals surface area contributed by atoms with Crippen LogP contribution in [0.4, 0.5) is 5.69 Å². The molecule has 82 valence electrons. The molecule has 0 atom stereocenters. The summed E-state index contributed by atoms with van der Waals surface area (Å²) in [5, 5.41) is 0. The molecule has 2 rings (SSSR count). The normalized spacial score (nSPS) is 17.5. The molecular weight excluding hydrogens is 226 g/mol. The van der Waals surface area contributed by atoms with Crippen molar-refractivity contribution in [2.45, 2.75) is 12.3 Å². The van der Waals surface area contributed by atoms with Crippen LogP contribution in [-0.2, 0) is 5.88 Å². The maximum atomic E-state index is 5.77. The lowest BCUT2D eigenvalue weighted by Crippen LogP contribution is -2.25. The minimum atomic E-state index is 0.607. The van der Waals surface area contributed by atoms with Gasteiger partial charge in [0, 0.05) is 30.4 Å². The van der Waals surface area contributed by atoms with E-state index in [4.69, 9.17) is 11.6 Å². The lowest BCUT2D eigenvalue weighted by molar-refractivity contribution is 0.816. The first-order chi connectivity index (χ1) is 7.40. The molecule has 0 radical (unpaired) electrons. The molecule has 1 aliphatic heterocycles. The van der Waals surface area contributed by atoms with Crippen LogP contribution in [0.3, 0.4) is 0 Å². The van der Waals surface area contributed by atoms with E-state index in [0.717, 1.165) is 0 Å². The van der Waals surface area contributed by atoms with Gasteiger partial charge in [0.05, 0.1) is 0 Å². The van der Waals surface area contributed by atoms with Gasteiger partial charge in [0.1, 0.15) is 0 Å². The number of anilines is 1. The zero-order chi connectivity index (χ0) is 10.5. The first-order valence-corrected chi connectivity index (χ1v) is 7.06. The Balaban J connectivity index is 2.06. The molecule has 0 aliphatic carbocycles. The number of alkyl halides is 1. The minimum Gasteiger partial charge on any atom is -0.371 e. The Morgan fingerprint density at radius 2 is 1.93 bits per heavy atom. The molecule has 0 aromatic heterocycles. The lowest BCUT2D eigenvalue weighted by atomic mass is 10.2. The summed E-state index contributed by atoms with van der Waals surface area (Å²) in [4.78, 5) is 2.47. The van der Waals surface area contributed by atoms with Crippen LogP contribution in [0.5, 0.6) is 0 Å². The highest BCUT2D eigenvalue weighted by Gasteiger charge is 2.09. The number of rotatable bonds is 2. The van der Waals surface area contributed by atoms with Gasteiger partial charge in [-0.15, -0.1) is 11.6 Å². The van der Waals surface area contributed by atoms with E-state index in [0.29, 0.717) is 5.88 Å². The minimum absolute atomic E-state index is 0.607. The van der Waals surface area contributed by atoms with E-state index in [2.05, 4.69) is 40.9 Å². The van der Waals surface area contributed by atoms with E-state index >= 15 is 0 Å². The van der Waals surface area contributed by atoms with Crippen molar-refractivity contribution >= 4 is 29.1 Å². The molecule has 3 heteroatoms. The third-order valence-corrected chi connectivity index (χ3v) is 4.04. The van der Waals surface area contributed by atoms with E-state index in [1.165, 1.54) is 42.3 Å². The Bertz CT molecular complexity index is 291. The van der Waals surface area contributed by atoms with Crippen molar-refractivity contribution < 1.29 is 0 Å². The first kappa shape index (κ1) is 11.2. The highest BCUT2D eigenvalue weighted by atomic mass is 35.5. The summed E-state index contributed by atoms with van der Waals surface area (Å²) in [5.74, 6) is 3.16. The van der Waals surface area contributed by atoms with Gasteiger partial charge in [-0.1, -0.05) is 12.1 Å². The summed E-state index contributed by atoms with van der Waals surface area (Å²) < 4.78 is 0. The molecule has 0 unspecified atom stereocenters. The summed E-state index contributed by atoms with van der Waals surface area (Å²) in [6.45, 7) is 2.36. The fourth-order valence-electron chi connectivity index (χ4n) is 1.80. The van der Waals surface area contributed by atoms with Crippen molar-refractivity contribution in [3.8, 4) is 0 Å². The van der Waals surface area contributed by atoms with Crippen molar-refractivity contribution in [2.75, 3.05) is 29.5 Å². The first-order valence-electron chi connectivity index (χ1n) is 5.38. The summed E-state index contributed by atoms with van der Waals surface area (Å²) in [6, 6.07) is 8.63. The lowest BCUT2D eigenvalue weighted by Gasteiger charge is -2.22. The second-order valence-corrected chi connectivity index (χ2v) is 5.25. The third-order valence-electron chi connectivity index (χ3n) is 2.68. The molecule has 0 saturated carbocycles. The molecule has 1 heterocycles. The van der Waals surface area contributed by atoms with Gasteiger partial charge in [-0.3, -0.25) is 0 Å². The molecule has 1 fully saturated rings. The van der Waals surface area contributed by atoms with Crippen LogP contribution in [0.1, 0.15) is 12.0 Å². The summed E-state index contributed by atoms with van der Waals surface area (Å²) >= 11 is 7.83. The van der Waals surface area contributed by atoms with Crippen LogP contribution >= 0.6 is 23.4 Å². The van der Waals surface area contributed by atoms with E-state index < -0.39 is 0 Å². The Labute approximate surface area is 101 Å². The predicted octanol–water partition coefficient (Wildman–Crippen LogP) is 3.37. The fourth-order valence-corrected chi connectivity index (χ4v) is 2.87. The molecule has 1 nitrogen and oxygen atoms in total. The highest BCUT2D eigenvalue weighted by Crippen LogP contribution is 2.20. The van der Waals surface area contributed by atoms with Gasteiger partial charge < -0.3 is 4.90 Å². The van der Waals surface area contributed by atoms with Gasteiger partial charge in [0.2, 0.25) is 0 Å². The van der Waals surface area contributed by atoms with Crippen LogP contribution in [0.15, 0.2) is 24.3 Å². The Hall–Kier alpha value is -0.340. The molecule has 1 aromatic carbocycles. The van der Waals surface area contributed by atoms with Crippen molar-refractivity contribution in [1.82, 2.24) is 0 Å². The molecule has 1 aromatic rings. The third kappa shape index (κ3) is 3.05. The van der Waals surface area contributed by atoms with Crippen LogP contribution in [0.2, 0.25) is 0 Å². The topological polar surface area (TPSA) is 3.24 Å². The second kappa shape index (κ2) is 5.66. The van der Waals surface area contributed by atoms with E-state index in [9.17, 15) is 0 Å². The molecule has 1 aliphatic rings. The summed E-state index contributed by atoms with van der Waals surface area (Å²) in [6.07, 6.45) is 1.29. The second-order valence-electron chi connectivity index (χ2n) is 3.75. The zero-order valence-corrected chi connectivity index (χ0v) is 10.4. The monoisotopic (exact) mass is 241 g/mol. The van der Waals surface area contributed by atoms with E-state index in [1.807, 2.05) is 0 Å². The summed E-state index contributed by atoms with van der Waals surface area (Å²) in [5.41, 5.74) is 2.54. The van der Waals surface area contributed by atoms with Crippen molar-refractivity contribution in [3.63, 3.8) is 0 Å². The number of hydrogen-bond donors (Lipinski definition) is 0. The fraction of sp³-hybridized carbons (Fsp3) is 0.500. The number of nitrogens with zero attached hydrogens (tertiary/aromatic N) is 1. The van der Waals surface area contributed by atoms with Gasteiger partial charge in [-0.2, -0.15) is 11.8 Å². The zero-order valence-electron chi connectivity index (χ0n) is 8.79. The van der Waals surface area contributed by atoms with Gasteiger partial charge in [0.25, 0.3) is 0 Å². The van der Waals surface area contributed by atoms with Gasteiger partial charge in [0.15, 0.2) is 0 Å². The SMILES string of the molecule is ClCc1ccc(N2CCCSCC2)cc1. The number of thioether (sulfide) groups is 1. The van der Waals surface area contributed by atoms with Crippen LogP contribution in [0, 0.1) is 0 Å². The Kier molecular flexibility index (Phi) is 4.21. The van der Waals surface area contributed by atoms with Gasteiger partial charge in [-0.05, 0) is 29.9 Å². The molecule has 0 spiro atoms. The van der Waals surface area contributed by atoms with Crippen LogP contribution in [-0.4, -0.2) is 24.6 Å². The largest absolute Gasteiger partial charge is 0.371 e. The quantitative estimate of drug-likeness (QED) is 0.731. The standard InChI is InChI=1S/C12H16ClNS/c13-10-11-2-4-12(5-3-11)14-6-1-8-15-9-7-14/h2-5H,1,6-10H2. The maximum absolute atomic E-state index is 5.77. The van der Waals surface area contributed by atoms with Crippen molar-refractivity contribution in [2.24, 2.45) is 0 Å². The number of hydrogen-bond acceptors (Lipinski definition) is 2. The van der Waals surface area contributed by atoms with Crippen LogP contribution in [0.25, 0.3) is 0 Å². The molecule has 1 saturated heterocycles. The van der Waals surface area contributed by atoms with Gasteiger partial charge in [-0.25, -0.2) is 0 Å². The predicted molar refractivity (Wildman–Crippen MR) is 70.2 cm³/mol. The Morgan fingerprint density at radius 1 is 1.13 bits per heavy atom. The molecular formula is C12H16ClNS. The Morgan fingerprint density at radius 3 is 2.67 bits per heavy atom. The van der Waals surface area contributed by atoms with E-state index in [1.54, 1.807) is 0 Å². The highest BCUT2D eigenvalue weighted by molar-refractivity contribution is 7.99. The molecule has 0 N–H and O–H groups in total. The maximum Gasteiger partial charge on any atom is 0.0474 e. The average Bonchev–Trinajstić information content (AvgIpc) is 2.58. The number of halogens is 1. The van der Waals surface area contributed by atoms with Crippen molar-refractivity contribution in [3.05, 3.63) is 29.8 Å². The number of benzene rings is 1. The molecule has 15 heavy (non-hydrogen) atoms. The van der Waals surface area contributed by atoms with Gasteiger partial charge >= 0.3 is 0 Å². The van der Waals surface area contributed by atoms with Crippen molar-refractivity contribution in [1.29, 1.82) is 0 Å².